The van der Waals surface area contributed by atoms with Gasteiger partial charge in [0.25, 0.3) is 0 Å². The topological polar surface area (TPSA) is 50.7 Å². The van der Waals surface area contributed by atoms with Crippen LogP contribution in [0.4, 0.5) is 5.82 Å². The third-order valence-electron chi connectivity index (χ3n) is 2.50. The Balaban J connectivity index is 1.86. The van der Waals surface area contributed by atoms with E-state index in [9.17, 15) is 0 Å². The van der Waals surface area contributed by atoms with Crippen LogP contribution in [0.15, 0.2) is 36.8 Å². The van der Waals surface area contributed by atoms with E-state index in [4.69, 9.17) is 0 Å². The van der Waals surface area contributed by atoms with Gasteiger partial charge in [-0.1, -0.05) is 13.0 Å². The van der Waals surface area contributed by atoms with Gasteiger partial charge in [0.2, 0.25) is 0 Å². The number of nitrogens with one attached hydrogen (secondary N) is 1. The fourth-order valence-electron chi connectivity index (χ4n) is 1.55. The van der Waals surface area contributed by atoms with Crippen LogP contribution in [0.3, 0.4) is 0 Å². The molecule has 4 nitrogen and oxygen atoms in total. The molecular formula is C13H16N4. The quantitative estimate of drug-likeness (QED) is 0.851. The smallest absolute Gasteiger partial charge is 0.129 e. The summed E-state index contributed by atoms with van der Waals surface area (Å²) >= 11 is 0. The number of pyridine rings is 1. The molecule has 0 atom stereocenters. The maximum atomic E-state index is 4.27. The lowest BCUT2D eigenvalue weighted by atomic mass is 10.2. The van der Waals surface area contributed by atoms with Crippen molar-refractivity contribution in [3.05, 3.63) is 48.2 Å². The summed E-state index contributed by atoms with van der Waals surface area (Å²) in [5, 5.41) is 3.28. The van der Waals surface area contributed by atoms with Crippen molar-refractivity contribution in [2.24, 2.45) is 0 Å². The largest absolute Gasteiger partial charge is 0.370 e. The van der Waals surface area contributed by atoms with Crippen LogP contribution in [0.5, 0.6) is 0 Å². The number of nitrogens with zero attached hydrogens (tertiary/aromatic N) is 3. The molecule has 2 aromatic heterocycles. The summed E-state index contributed by atoms with van der Waals surface area (Å²) in [6.45, 7) is 2.91. The first-order chi connectivity index (χ1) is 8.38. The van der Waals surface area contributed by atoms with Crippen molar-refractivity contribution < 1.29 is 0 Å². The molecule has 0 unspecified atom stereocenters. The van der Waals surface area contributed by atoms with E-state index in [-0.39, 0.29) is 0 Å². The highest BCUT2D eigenvalue weighted by Gasteiger charge is 1.97. The van der Waals surface area contributed by atoms with Crippen molar-refractivity contribution in [1.29, 1.82) is 0 Å². The fourth-order valence-corrected chi connectivity index (χ4v) is 1.55. The van der Waals surface area contributed by atoms with Gasteiger partial charge < -0.3 is 5.32 Å². The molecule has 0 amide bonds. The summed E-state index contributed by atoms with van der Waals surface area (Å²) in [4.78, 5) is 12.6. The summed E-state index contributed by atoms with van der Waals surface area (Å²) in [5.74, 6) is 0.882. The minimum absolute atomic E-state index is 0.831. The number of hydrogen-bond donors (Lipinski definition) is 1. The summed E-state index contributed by atoms with van der Waals surface area (Å²) in [5.41, 5.74) is 2.14. The molecule has 2 heterocycles. The molecule has 0 bridgehead atoms. The Hall–Kier alpha value is -1.97. The predicted molar refractivity (Wildman–Crippen MR) is 67.8 cm³/mol. The SMILES string of the molecule is CCc1cc(NCCc2ccccn2)ncn1. The van der Waals surface area contributed by atoms with E-state index >= 15 is 0 Å². The molecule has 0 aliphatic rings. The summed E-state index contributed by atoms with van der Waals surface area (Å²) < 4.78 is 0. The average Bonchev–Trinajstić information content (AvgIpc) is 2.40. The van der Waals surface area contributed by atoms with Crippen molar-refractivity contribution in [2.75, 3.05) is 11.9 Å². The zero-order valence-electron chi connectivity index (χ0n) is 9.93. The normalized spacial score (nSPS) is 10.2. The maximum Gasteiger partial charge on any atom is 0.129 e. The van der Waals surface area contributed by atoms with Crippen LogP contribution in [0, 0.1) is 0 Å². The van der Waals surface area contributed by atoms with E-state index in [0.29, 0.717) is 0 Å². The number of aromatic nitrogens is 3. The van der Waals surface area contributed by atoms with Crippen LogP contribution in [0.25, 0.3) is 0 Å². The van der Waals surface area contributed by atoms with Gasteiger partial charge >= 0.3 is 0 Å². The third kappa shape index (κ3) is 3.52. The molecule has 2 aromatic rings. The van der Waals surface area contributed by atoms with Crippen LogP contribution < -0.4 is 5.32 Å². The van der Waals surface area contributed by atoms with Gasteiger partial charge in [-0.3, -0.25) is 4.98 Å². The van der Waals surface area contributed by atoms with Crippen molar-refractivity contribution in [2.45, 2.75) is 19.8 Å². The van der Waals surface area contributed by atoms with E-state index in [1.54, 1.807) is 6.33 Å². The maximum absolute atomic E-state index is 4.27. The number of aryl methyl sites for hydroxylation is 1. The molecule has 0 aliphatic carbocycles. The molecule has 0 saturated heterocycles. The van der Waals surface area contributed by atoms with Gasteiger partial charge in [0.1, 0.15) is 12.1 Å². The molecular weight excluding hydrogens is 212 g/mol. The van der Waals surface area contributed by atoms with Gasteiger partial charge in [0.05, 0.1) is 0 Å². The first-order valence-corrected chi connectivity index (χ1v) is 5.83. The molecule has 1 N–H and O–H groups in total. The van der Waals surface area contributed by atoms with Crippen LogP contribution >= 0.6 is 0 Å². The van der Waals surface area contributed by atoms with Gasteiger partial charge in [-0.2, -0.15) is 0 Å². The standard InChI is InChI=1S/C13H16N4/c1-2-11-9-13(17-10-16-11)15-8-6-12-5-3-4-7-14-12/h3-5,7,9-10H,2,6,8H2,1H3,(H,15,16,17). The average molecular weight is 228 g/mol. The van der Waals surface area contributed by atoms with E-state index in [1.165, 1.54) is 0 Å². The minimum atomic E-state index is 0.831. The summed E-state index contributed by atoms with van der Waals surface area (Å²) in [6.07, 6.45) is 5.24. The number of rotatable bonds is 5. The van der Waals surface area contributed by atoms with Crippen molar-refractivity contribution >= 4 is 5.82 Å². The van der Waals surface area contributed by atoms with E-state index in [1.807, 2.05) is 30.5 Å². The number of anilines is 1. The zero-order chi connectivity index (χ0) is 11.9. The Bertz CT molecular complexity index is 456. The molecule has 4 heteroatoms. The lowest BCUT2D eigenvalue weighted by molar-refractivity contribution is 0.940. The highest BCUT2D eigenvalue weighted by molar-refractivity contribution is 5.34. The molecule has 0 fully saturated rings. The Kier molecular flexibility index (Phi) is 4.02. The summed E-state index contributed by atoms with van der Waals surface area (Å²) in [7, 11) is 0. The Morgan fingerprint density at radius 3 is 2.82 bits per heavy atom. The Morgan fingerprint density at radius 2 is 2.06 bits per heavy atom. The van der Waals surface area contributed by atoms with Crippen LogP contribution in [0.1, 0.15) is 18.3 Å². The monoisotopic (exact) mass is 228 g/mol. The van der Waals surface area contributed by atoms with Crippen LogP contribution in [0.2, 0.25) is 0 Å². The van der Waals surface area contributed by atoms with Crippen LogP contribution in [-0.4, -0.2) is 21.5 Å². The van der Waals surface area contributed by atoms with E-state index in [0.717, 1.165) is 36.6 Å². The minimum Gasteiger partial charge on any atom is -0.370 e. The molecule has 0 spiro atoms. The first kappa shape index (κ1) is 11.5. The molecule has 0 saturated carbocycles. The number of hydrogen-bond acceptors (Lipinski definition) is 4. The second-order valence-corrected chi connectivity index (χ2v) is 3.75. The first-order valence-electron chi connectivity index (χ1n) is 5.83. The predicted octanol–water partition coefficient (Wildman–Crippen LogP) is 2.09. The van der Waals surface area contributed by atoms with E-state index < -0.39 is 0 Å². The molecule has 2 rings (SSSR count). The lowest BCUT2D eigenvalue weighted by Gasteiger charge is -2.05. The zero-order valence-corrected chi connectivity index (χ0v) is 9.93. The lowest BCUT2D eigenvalue weighted by Crippen LogP contribution is -2.07. The molecule has 0 aromatic carbocycles. The van der Waals surface area contributed by atoms with E-state index in [2.05, 4.69) is 27.2 Å². The van der Waals surface area contributed by atoms with Gasteiger partial charge in [-0.25, -0.2) is 9.97 Å². The van der Waals surface area contributed by atoms with Crippen molar-refractivity contribution in [3.8, 4) is 0 Å². The van der Waals surface area contributed by atoms with Gasteiger partial charge in [0, 0.05) is 36.6 Å². The highest BCUT2D eigenvalue weighted by Crippen LogP contribution is 2.04. The van der Waals surface area contributed by atoms with Crippen molar-refractivity contribution in [1.82, 2.24) is 15.0 Å². The molecule has 0 aliphatic heterocycles. The molecule has 17 heavy (non-hydrogen) atoms. The van der Waals surface area contributed by atoms with Gasteiger partial charge in [0.15, 0.2) is 0 Å². The molecule has 88 valence electrons. The fraction of sp³-hybridized carbons (Fsp3) is 0.308. The van der Waals surface area contributed by atoms with Gasteiger partial charge in [-0.15, -0.1) is 0 Å². The second kappa shape index (κ2) is 5.94. The van der Waals surface area contributed by atoms with Gasteiger partial charge in [-0.05, 0) is 18.6 Å². The van der Waals surface area contributed by atoms with Crippen LogP contribution in [-0.2, 0) is 12.8 Å². The third-order valence-corrected chi connectivity index (χ3v) is 2.50. The van der Waals surface area contributed by atoms with Crippen molar-refractivity contribution in [3.63, 3.8) is 0 Å². The Labute approximate surface area is 101 Å². The highest BCUT2D eigenvalue weighted by atomic mass is 15.0. The summed E-state index contributed by atoms with van der Waals surface area (Å²) in [6, 6.07) is 7.94. The molecule has 0 radical (unpaired) electrons. The Morgan fingerprint density at radius 1 is 1.12 bits per heavy atom. The second-order valence-electron chi connectivity index (χ2n) is 3.75.